The van der Waals surface area contributed by atoms with Crippen LogP contribution >= 0.6 is 12.4 Å². The van der Waals surface area contributed by atoms with E-state index in [2.05, 4.69) is 53.6 Å². The number of benzene rings is 1. The van der Waals surface area contributed by atoms with E-state index in [0.717, 1.165) is 53.2 Å². The van der Waals surface area contributed by atoms with Gasteiger partial charge in [-0.15, -0.1) is 12.4 Å². The summed E-state index contributed by atoms with van der Waals surface area (Å²) in [6.45, 7) is 3.45. The number of fused-ring (bicyclic) bond motifs is 5. The van der Waals surface area contributed by atoms with Gasteiger partial charge in [0.15, 0.2) is 0 Å². The molecule has 0 saturated carbocycles. The fraction of sp³-hybridized carbons (Fsp3) is 0.227. The minimum Gasteiger partial charge on any atom is -0.349 e. The van der Waals surface area contributed by atoms with Gasteiger partial charge in [-0.3, -0.25) is 14.5 Å². The number of hydrogen-bond donors (Lipinski definition) is 1. The van der Waals surface area contributed by atoms with Gasteiger partial charge in [0.2, 0.25) is 0 Å². The van der Waals surface area contributed by atoms with Crippen LogP contribution in [0.2, 0.25) is 0 Å². The average Bonchev–Trinajstić information content (AvgIpc) is 3.08. The van der Waals surface area contributed by atoms with Crippen LogP contribution in [0, 0.1) is 6.92 Å². The molecule has 3 heterocycles. The molecule has 5 rings (SSSR count). The molecule has 0 fully saturated rings. The third-order valence-corrected chi connectivity index (χ3v) is 5.31. The molecule has 0 spiro atoms. The molecule has 0 saturated heterocycles. The van der Waals surface area contributed by atoms with Gasteiger partial charge < -0.3 is 5.32 Å². The van der Waals surface area contributed by atoms with Crippen LogP contribution in [0.25, 0.3) is 23.4 Å². The van der Waals surface area contributed by atoms with Crippen molar-refractivity contribution < 1.29 is 4.79 Å². The first-order valence-corrected chi connectivity index (χ1v) is 9.31. The second-order valence-corrected chi connectivity index (χ2v) is 7.17. The number of amides is 1. The molecule has 28 heavy (non-hydrogen) atoms. The molecule has 1 aliphatic heterocycles. The van der Waals surface area contributed by atoms with Crippen LogP contribution < -0.4 is 5.32 Å². The molecule has 1 aromatic carbocycles. The molecule has 1 amide bonds. The van der Waals surface area contributed by atoms with Crippen LogP contribution in [0.1, 0.15) is 38.4 Å². The lowest BCUT2D eigenvalue weighted by molar-refractivity contribution is 0.0923. The monoisotopic (exact) mass is 392 g/mol. The van der Waals surface area contributed by atoms with Gasteiger partial charge >= 0.3 is 0 Å². The highest BCUT2D eigenvalue weighted by Crippen LogP contribution is 2.35. The van der Waals surface area contributed by atoms with Gasteiger partial charge in [-0.25, -0.2) is 0 Å². The Balaban J connectivity index is 0.00000192. The molecular formula is C22H21ClN4O. The highest BCUT2D eigenvalue weighted by molar-refractivity contribution is 5.97. The molecule has 0 radical (unpaired) electrons. The smallest absolute Gasteiger partial charge is 0.269 e. The molecule has 2 aliphatic rings. The quantitative estimate of drug-likeness (QED) is 0.723. The number of halogens is 1. The largest absolute Gasteiger partial charge is 0.349 e. The van der Waals surface area contributed by atoms with E-state index in [-0.39, 0.29) is 18.3 Å². The Hall–Kier alpha value is -2.92. The maximum absolute atomic E-state index is 12.3. The standard InChI is InChI=1S/C22H20N4O.ClH/c1-14-2-4-15(5-3-14)6-8-17-12-19-16(13-24-17)7-9-18-20(19)25-26-11-10-23-22(27)21(18)26;/h2-6,8,12-13H,7,9-11H2,1H3,(H,23,27);1H/b8-6+;. The SMILES string of the molecule is Cc1ccc(/C=C/c2cc3c(cn2)CCc2c-3nn3c2C(=O)NCC3)cc1.Cl. The first-order valence-electron chi connectivity index (χ1n) is 9.31. The first-order chi connectivity index (χ1) is 13.2. The van der Waals surface area contributed by atoms with Crippen molar-refractivity contribution in [2.75, 3.05) is 6.54 Å². The summed E-state index contributed by atoms with van der Waals surface area (Å²) in [6.07, 6.45) is 7.78. The van der Waals surface area contributed by atoms with Crippen LogP contribution in [-0.4, -0.2) is 27.2 Å². The van der Waals surface area contributed by atoms with E-state index in [1.807, 2.05) is 17.0 Å². The minimum atomic E-state index is -0.00741. The topological polar surface area (TPSA) is 59.8 Å². The summed E-state index contributed by atoms with van der Waals surface area (Å²) in [6, 6.07) is 10.5. The van der Waals surface area contributed by atoms with Gasteiger partial charge in [-0.05, 0) is 43.0 Å². The van der Waals surface area contributed by atoms with E-state index in [1.54, 1.807) is 0 Å². The minimum absolute atomic E-state index is 0. The van der Waals surface area contributed by atoms with Gasteiger partial charge in [-0.2, -0.15) is 5.10 Å². The van der Waals surface area contributed by atoms with Crippen LogP contribution in [-0.2, 0) is 19.4 Å². The van der Waals surface area contributed by atoms with Crippen molar-refractivity contribution in [1.29, 1.82) is 0 Å². The normalized spacial score (nSPS) is 14.7. The second-order valence-electron chi connectivity index (χ2n) is 7.17. The van der Waals surface area contributed by atoms with Crippen LogP contribution in [0.3, 0.4) is 0 Å². The highest BCUT2D eigenvalue weighted by atomic mass is 35.5. The van der Waals surface area contributed by atoms with Gasteiger partial charge in [0, 0.05) is 23.9 Å². The van der Waals surface area contributed by atoms with Crippen molar-refractivity contribution in [3.8, 4) is 11.3 Å². The lowest BCUT2D eigenvalue weighted by atomic mass is 9.89. The van der Waals surface area contributed by atoms with Crippen LogP contribution in [0.5, 0.6) is 0 Å². The lowest BCUT2D eigenvalue weighted by Gasteiger charge is -2.17. The summed E-state index contributed by atoms with van der Waals surface area (Å²) in [5.74, 6) is -0.00741. The third kappa shape index (κ3) is 3.12. The molecule has 1 N–H and O–H groups in total. The summed E-state index contributed by atoms with van der Waals surface area (Å²) in [4.78, 5) is 16.9. The van der Waals surface area contributed by atoms with Gasteiger partial charge in [0.25, 0.3) is 5.91 Å². The summed E-state index contributed by atoms with van der Waals surface area (Å²) in [7, 11) is 0. The summed E-state index contributed by atoms with van der Waals surface area (Å²) in [5, 5.41) is 7.69. The number of aryl methyl sites for hydroxylation is 2. The van der Waals surface area contributed by atoms with E-state index >= 15 is 0 Å². The molecule has 3 aromatic rings. The maximum Gasteiger partial charge on any atom is 0.269 e. The Labute approximate surface area is 169 Å². The molecule has 1 aliphatic carbocycles. The molecule has 2 aromatic heterocycles. The zero-order valence-corrected chi connectivity index (χ0v) is 16.4. The average molecular weight is 393 g/mol. The summed E-state index contributed by atoms with van der Waals surface area (Å²) < 4.78 is 1.86. The summed E-state index contributed by atoms with van der Waals surface area (Å²) in [5.41, 5.74) is 8.34. The zero-order chi connectivity index (χ0) is 18.4. The summed E-state index contributed by atoms with van der Waals surface area (Å²) >= 11 is 0. The Bertz CT molecular complexity index is 1080. The lowest BCUT2D eigenvalue weighted by Crippen LogP contribution is -2.36. The fourth-order valence-electron chi connectivity index (χ4n) is 3.86. The van der Waals surface area contributed by atoms with Crippen LogP contribution in [0.15, 0.2) is 36.5 Å². The predicted octanol–water partition coefficient (Wildman–Crippen LogP) is 3.69. The predicted molar refractivity (Wildman–Crippen MR) is 113 cm³/mol. The first kappa shape index (κ1) is 18.4. The Morgan fingerprint density at radius 2 is 1.96 bits per heavy atom. The molecule has 0 bridgehead atoms. The van der Waals surface area contributed by atoms with E-state index < -0.39 is 0 Å². The van der Waals surface area contributed by atoms with Crippen molar-refractivity contribution >= 4 is 30.5 Å². The van der Waals surface area contributed by atoms with Crippen LogP contribution in [0.4, 0.5) is 0 Å². The number of nitrogens with one attached hydrogen (secondary N) is 1. The molecule has 142 valence electrons. The van der Waals surface area contributed by atoms with Crippen molar-refractivity contribution in [3.05, 3.63) is 70.2 Å². The number of rotatable bonds is 2. The zero-order valence-electron chi connectivity index (χ0n) is 15.6. The van der Waals surface area contributed by atoms with E-state index in [4.69, 9.17) is 5.10 Å². The van der Waals surface area contributed by atoms with Crippen molar-refractivity contribution in [1.82, 2.24) is 20.1 Å². The van der Waals surface area contributed by atoms with Crippen molar-refractivity contribution in [2.24, 2.45) is 0 Å². The van der Waals surface area contributed by atoms with Crippen molar-refractivity contribution in [3.63, 3.8) is 0 Å². The van der Waals surface area contributed by atoms with E-state index in [1.165, 1.54) is 11.1 Å². The molecule has 6 heteroatoms. The number of carbonyl (C=O) groups excluding carboxylic acids is 1. The Morgan fingerprint density at radius 1 is 1.14 bits per heavy atom. The molecule has 0 atom stereocenters. The fourth-order valence-corrected chi connectivity index (χ4v) is 3.86. The number of hydrogen-bond acceptors (Lipinski definition) is 3. The maximum atomic E-state index is 12.3. The van der Waals surface area contributed by atoms with Gasteiger partial charge in [0.05, 0.1) is 17.9 Å². The molecule has 0 unspecified atom stereocenters. The highest BCUT2D eigenvalue weighted by Gasteiger charge is 2.30. The van der Waals surface area contributed by atoms with Crippen molar-refractivity contribution in [2.45, 2.75) is 26.3 Å². The molecular weight excluding hydrogens is 372 g/mol. The Morgan fingerprint density at radius 3 is 2.79 bits per heavy atom. The second kappa shape index (κ2) is 7.24. The number of pyridine rings is 1. The third-order valence-electron chi connectivity index (χ3n) is 5.31. The number of carbonyl (C=O) groups is 1. The Kier molecular flexibility index (Phi) is 4.77. The number of nitrogens with zero attached hydrogens (tertiary/aromatic N) is 3. The van der Waals surface area contributed by atoms with E-state index in [9.17, 15) is 4.79 Å². The molecule has 5 nitrogen and oxygen atoms in total. The van der Waals surface area contributed by atoms with Gasteiger partial charge in [0.1, 0.15) is 5.69 Å². The number of aromatic nitrogens is 3. The van der Waals surface area contributed by atoms with E-state index in [0.29, 0.717) is 6.54 Å². The van der Waals surface area contributed by atoms with Gasteiger partial charge in [-0.1, -0.05) is 35.9 Å².